The number of carbonyl (C=O) groups is 1. The van der Waals surface area contributed by atoms with Crippen LogP contribution in [-0.2, 0) is 11.3 Å². The Morgan fingerprint density at radius 2 is 2.10 bits per heavy atom. The minimum Gasteiger partial charge on any atom is -0.481 e. The number of benzene rings is 1. The molecule has 1 aromatic carbocycles. The molecule has 1 amide bonds. The van der Waals surface area contributed by atoms with Gasteiger partial charge >= 0.3 is 0 Å². The van der Waals surface area contributed by atoms with Crippen LogP contribution in [0.25, 0.3) is 0 Å². The number of amides is 1. The fourth-order valence-corrected chi connectivity index (χ4v) is 2.40. The van der Waals surface area contributed by atoms with Crippen molar-refractivity contribution in [1.29, 1.82) is 0 Å². The van der Waals surface area contributed by atoms with Crippen molar-refractivity contribution in [2.24, 2.45) is 0 Å². The average molecular weight is 306 g/mol. The monoisotopic (exact) mass is 306 g/mol. The standard InChI is InChI=1S/C15H15FN2O2S/c1-20-15-11(3-2-8-17-15)9-18-14(19)10-21-13-6-4-12(16)5-7-13/h2-8H,9-10H2,1H3,(H,18,19). The summed E-state index contributed by atoms with van der Waals surface area (Å²) in [5.41, 5.74) is 0.820. The minimum absolute atomic E-state index is 0.102. The average Bonchev–Trinajstić information content (AvgIpc) is 2.52. The number of ether oxygens (including phenoxy) is 1. The molecule has 2 aromatic rings. The first-order valence-electron chi connectivity index (χ1n) is 6.32. The first-order chi connectivity index (χ1) is 10.2. The van der Waals surface area contributed by atoms with Crippen LogP contribution in [0.1, 0.15) is 5.56 Å². The fourth-order valence-electron chi connectivity index (χ4n) is 1.67. The normalized spacial score (nSPS) is 10.2. The van der Waals surface area contributed by atoms with Gasteiger partial charge in [0.25, 0.3) is 0 Å². The molecule has 0 aliphatic rings. The van der Waals surface area contributed by atoms with Crippen LogP contribution in [0.15, 0.2) is 47.5 Å². The van der Waals surface area contributed by atoms with Crippen molar-refractivity contribution in [3.8, 4) is 5.88 Å². The van der Waals surface area contributed by atoms with Crippen LogP contribution >= 0.6 is 11.8 Å². The van der Waals surface area contributed by atoms with Crippen molar-refractivity contribution in [1.82, 2.24) is 10.3 Å². The largest absolute Gasteiger partial charge is 0.481 e. The third-order valence-corrected chi connectivity index (χ3v) is 3.71. The Balaban J connectivity index is 1.81. The fraction of sp³-hybridized carbons (Fsp3) is 0.200. The number of hydrogen-bond donors (Lipinski definition) is 1. The van der Waals surface area contributed by atoms with Crippen LogP contribution in [-0.4, -0.2) is 23.8 Å². The van der Waals surface area contributed by atoms with Crippen molar-refractivity contribution >= 4 is 17.7 Å². The van der Waals surface area contributed by atoms with Crippen molar-refractivity contribution < 1.29 is 13.9 Å². The zero-order valence-electron chi connectivity index (χ0n) is 11.5. The highest BCUT2D eigenvalue weighted by Gasteiger charge is 2.06. The highest BCUT2D eigenvalue weighted by atomic mass is 32.2. The lowest BCUT2D eigenvalue weighted by atomic mass is 10.2. The summed E-state index contributed by atoms with van der Waals surface area (Å²) in [5, 5.41) is 2.80. The number of nitrogens with zero attached hydrogens (tertiary/aromatic N) is 1. The van der Waals surface area contributed by atoms with Gasteiger partial charge in [0.1, 0.15) is 5.82 Å². The number of rotatable bonds is 6. The number of hydrogen-bond acceptors (Lipinski definition) is 4. The second-order valence-corrected chi connectivity index (χ2v) is 5.24. The molecule has 4 nitrogen and oxygen atoms in total. The molecular formula is C15H15FN2O2S. The summed E-state index contributed by atoms with van der Waals surface area (Å²) in [6.45, 7) is 0.361. The van der Waals surface area contributed by atoms with E-state index in [9.17, 15) is 9.18 Å². The molecular weight excluding hydrogens is 291 g/mol. The summed E-state index contributed by atoms with van der Waals surface area (Å²) in [6.07, 6.45) is 1.63. The van der Waals surface area contributed by atoms with Crippen LogP contribution in [0.5, 0.6) is 5.88 Å². The first-order valence-corrected chi connectivity index (χ1v) is 7.30. The molecule has 0 aliphatic carbocycles. The number of carbonyl (C=O) groups excluding carboxylic acids is 1. The smallest absolute Gasteiger partial charge is 0.230 e. The van der Waals surface area contributed by atoms with Gasteiger partial charge < -0.3 is 10.1 Å². The van der Waals surface area contributed by atoms with Crippen LogP contribution in [0.2, 0.25) is 0 Å². The van der Waals surface area contributed by atoms with Gasteiger partial charge in [0.2, 0.25) is 11.8 Å². The molecule has 21 heavy (non-hydrogen) atoms. The molecule has 0 saturated heterocycles. The summed E-state index contributed by atoms with van der Waals surface area (Å²) in [4.78, 5) is 16.7. The van der Waals surface area contributed by atoms with E-state index in [0.29, 0.717) is 12.4 Å². The number of thioether (sulfide) groups is 1. The number of pyridine rings is 1. The van der Waals surface area contributed by atoms with Crippen molar-refractivity contribution in [2.45, 2.75) is 11.4 Å². The van der Waals surface area contributed by atoms with E-state index in [2.05, 4.69) is 10.3 Å². The van der Waals surface area contributed by atoms with Gasteiger partial charge in [0, 0.05) is 23.2 Å². The molecule has 0 saturated carbocycles. The SMILES string of the molecule is COc1ncccc1CNC(=O)CSc1ccc(F)cc1. The number of halogens is 1. The molecule has 1 N–H and O–H groups in total. The molecule has 1 heterocycles. The van der Waals surface area contributed by atoms with Crippen molar-refractivity contribution in [2.75, 3.05) is 12.9 Å². The molecule has 0 unspecified atom stereocenters. The van der Waals surface area contributed by atoms with Gasteiger partial charge in [-0.25, -0.2) is 9.37 Å². The van der Waals surface area contributed by atoms with E-state index in [1.54, 1.807) is 24.4 Å². The maximum absolute atomic E-state index is 12.8. The molecule has 6 heteroatoms. The van der Waals surface area contributed by atoms with E-state index < -0.39 is 0 Å². The molecule has 1 aromatic heterocycles. The molecule has 0 bridgehead atoms. The predicted molar refractivity (Wildman–Crippen MR) is 79.8 cm³/mol. The number of aromatic nitrogens is 1. The lowest BCUT2D eigenvalue weighted by molar-refractivity contribution is -0.118. The Kier molecular flexibility index (Phi) is 5.57. The van der Waals surface area contributed by atoms with E-state index in [1.165, 1.54) is 31.0 Å². The summed E-state index contributed by atoms with van der Waals surface area (Å²) in [7, 11) is 1.54. The quantitative estimate of drug-likeness (QED) is 0.834. The maximum Gasteiger partial charge on any atom is 0.230 e. The van der Waals surface area contributed by atoms with Crippen LogP contribution in [0, 0.1) is 5.82 Å². The third kappa shape index (κ3) is 4.75. The minimum atomic E-state index is -0.285. The van der Waals surface area contributed by atoms with Crippen LogP contribution in [0.3, 0.4) is 0 Å². The van der Waals surface area contributed by atoms with Gasteiger partial charge in [-0.15, -0.1) is 11.8 Å². The van der Waals surface area contributed by atoms with Crippen LogP contribution < -0.4 is 10.1 Å². The second-order valence-electron chi connectivity index (χ2n) is 4.19. The summed E-state index contributed by atoms with van der Waals surface area (Å²) in [6, 6.07) is 9.69. The summed E-state index contributed by atoms with van der Waals surface area (Å²) < 4.78 is 17.9. The van der Waals surface area contributed by atoms with E-state index in [-0.39, 0.29) is 17.5 Å². The second kappa shape index (κ2) is 7.64. The molecule has 2 rings (SSSR count). The van der Waals surface area contributed by atoms with Gasteiger partial charge in [-0.3, -0.25) is 4.79 Å². The molecule has 110 valence electrons. The zero-order chi connectivity index (χ0) is 15.1. The van der Waals surface area contributed by atoms with Gasteiger partial charge in [0.05, 0.1) is 12.9 Å². The van der Waals surface area contributed by atoms with E-state index in [4.69, 9.17) is 4.74 Å². The van der Waals surface area contributed by atoms with Gasteiger partial charge in [-0.1, -0.05) is 6.07 Å². The van der Waals surface area contributed by atoms with E-state index >= 15 is 0 Å². The highest BCUT2D eigenvalue weighted by molar-refractivity contribution is 8.00. The van der Waals surface area contributed by atoms with Crippen LogP contribution in [0.4, 0.5) is 4.39 Å². The Bertz CT molecular complexity index is 605. The van der Waals surface area contributed by atoms with E-state index in [0.717, 1.165) is 10.5 Å². The predicted octanol–water partition coefficient (Wildman–Crippen LogP) is 2.64. The Labute approximate surface area is 126 Å². The Morgan fingerprint density at radius 3 is 2.81 bits per heavy atom. The molecule has 0 atom stereocenters. The number of nitrogens with one attached hydrogen (secondary N) is 1. The summed E-state index contributed by atoms with van der Waals surface area (Å²) >= 11 is 1.36. The zero-order valence-corrected chi connectivity index (χ0v) is 12.3. The number of methoxy groups -OCH3 is 1. The lowest BCUT2D eigenvalue weighted by Crippen LogP contribution is -2.24. The maximum atomic E-state index is 12.8. The Morgan fingerprint density at radius 1 is 1.33 bits per heavy atom. The van der Waals surface area contributed by atoms with Gasteiger partial charge in [-0.2, -0.15) is 0 Å². The first kappa shape index (κ1) is 15.3. The highest BCUT2D eigenvalue weighted by Crippen LogP contribution is 2.18. The van der Waals surface area contributed by atoms with Crippen molar-refractivity contribution in [3.63, 3.8) is 0 Å². The topological polar surface area (TPSA) is 51.2 Å². The molecule has 0 aliphatic heterocycles. The lowest BCUT2D eigenvalue weighted by Gasteiger charge is -2.08. The third-order valence-electron chi connectivity index (χ3n) is 2.70. The van der Waals surface area contributed by atoms with Gasteiger partial charge in [-0.05, 0) is 30.3 Å². The molecule has 0 fully saturated rings. The Hall–Kier alpha value is -2.08. The van der Waals surface area contributed by atoms with E-state index in [1.807, 2.05) is 6.07 Å². The van der Waals surface area contributed by atoms with Gasteiger partial charge in [0.15, 0.2) is 0 Å². The summed E-state index contributed by atoms with van der Waals surface area (Å²) in [5.74, 6) is 0.389. The molecule has 0 radical (unpaired) electrons. The molecule has 0 spiro atoms. The van der Waals surface area contributed by atoms with Crippen molar-refractivity contribution in [3.05, 3.63) is 54.0 Å².